The van der Waals surface area contributed by atoms with Crippen molar-refractivity contribution in [2.45, 2.75) is 44.8 Å². The van der Waals surface area contributed by atoms with Crippen molar-refractivity contribution in [3.63, 3.8) is 0 Å². The molecule has 3 nitrogen and oxygen atoms in total. The van der Waals surface area contributed by atoms with E-state index >= 15 is 0 Å². The van der Waals surface area contributed by atoms with Gasteiger partial charge in [0.2, 0.25) is 0 Å². The second kappa shape index (κ2) is 8.15. The van der Waals surface area contributed by atoms with Gasteiger partial charge < -0.3 is 14.7 Å². The molecule has 2 N–H and O–H groups in total. The Hall–Kier alpha value is -1.36. The second-order valence-corrected chi connectivity index (χ2v) is 7.96. The maximum absolute atomic E-state index is 10.5. The van der Waals surface area contributed by atoms with Crippen molar-refractivity contribution < 1.29 is 14.7 Å². The van der Waals surface area contributed by atoms with Crippen molar-refractivity contribution in [2.24, 2.45) is 0 Å². The van der Waals surface area contributed by atoms with Crippen molar-refractivity contribution in [1.29, 1.82) is 0 Å². The van der Waals surface area contributed by atoms with E-state index < -0.39 is 6.10 Å². The van der Waals surface area contributed by atoms with Crippen LogP contribution in [-0.4, -0.2) is 30.9 Å². The number of likely N-dealkylation sites (tertiary alicyclic amines) is 1. The van der Waals surface area contributed by atoms with Crippen LogP contribution in [0.15, 0.2) is 41.8 Å². The Labute approximate surface area is 148 Å². The number of nitrogens with one attached hydrogen (secondary N) is 1. The van der Waals surface area contributed by atoms with Gasteiger partial charge in [0, 0.05) is 12.8 Å². The molecular formula is C20H28NO2S+. The highest BCUT2D eigenvalue weighted by Gasteiger charge is 2.32. The summed E-state index contributed by atoms with van der Waals surface area (Å²) in [5.41, 5.74) is 1.20. The SMILES string of the molecule is CC(C)c1ccccc1OC[C@H](O)C[NH+]1CCC[C@@H]1c1cccs1. The van der Waals surface area contributed by atoms with E-state index in [4.69, 9.17) is 4.74 Å². The molecule has 1 aliphatic heterocycles. The first-order valence-electron chi connectivity index (χ1n) is 8.93. The molecule has 0 radical (unpaired) electrons. The maximum Gasteiger partial charge on any atom is 0.137 e. The Kier molecular flexibility index (Phi) is 5.93. The largest absolute Gasteiger partial charge is 0.490 e. The highest BCUT2D eigenvalue weighted by Crippen LogP contribution is 2.26. The Morgan fingerprint density at radius 2 is 2.08 bits per heavy atom. The molecule has 0 aliphatic carbocycles. The summed E-state index contributed by atoms with van der Waals surface area (Å²) in [5, 5.41) is 12.6. The van der Waals surface area contributed by atoms with Crippen LogP contribution < -0.4 is 9.64 Å². The average molecular weight is 347 g/mol. The maximum atomic E-state index is 10.5. The number of para-hydroxylation sites is 1. The molecule has 1 unspecified atom stereocenters. The molecule has 3 atom stereocenters. The quantitative estimate of drug-likeness (QED) is 0.808. The fourth-order valence-electron chi connectivity index (χ4n) is 3.63. The molecule has 24 heavy (non-hydrogen) atoms. The molecule has 1 aliphatic rings. The number of hydrogen-bond donors (Lipinski definition) is 2. The predicted molar refractivity (Wildman–Crippen MR) is 99.0 cm³/mol. The van der Waals surface area contributed by atoms with Gasteiger partial charge in [-0.1, -0.05) is 38.1 Å². The zero-order valence-electron chi connectivity index (χ0n) is 14.6. The van der Waals surface area contributed by atoms with Gasteiger partial charge in [-0.05, 0) is 29.0 Å². The van der Waals surface area contributed by atoms with Crippen LogP contribution in [0.3, 0.4) is 0 Å². The van der Waals surface area contributed by atoms with Gasteiger partial charge in [0.25, 0.3) is 0 Å². The van der Waals surface area contributed by atoms with E-state index in [1.165, 1.54) is 28.2 Å². The number of quaternary nitrogens is 1. The summed E-state index contributed by atoms with van der Waals surface area (Å²) in [4.78, 5) is 2.94. The smallest absolute Gasteiger partial charge is 0.137 e. The minimum atomic E-state index is -0.430. The fraction of sp³-hybridized carbons (Fsp3) is 0.500. The Morgan fingerprint density at radius 1 is 1.25 bits per heavy atom. The van der Waals surface area contributed by atoms with Crippen LogP contribution in [0.1, 0.15) is 49.1 Å². The molecule has 0 spiro atoms. The fourth-order valence-corrected chi connectivity index (χ4v) is 4.55. The minimum Gasteiger partial charge on any atom is -0.490 e. The third-order valence-electron chi connectivity index (χ3n) is 4.84. The van der Waals surface area contributed by atoms with E-state index in [-0.39, 0.29) is 0 Å². The summed E-state index contributed by atoms with van der Waals surface area (Å²) < 4.78 is 5.94. The van der Waals surface area contributed by atoms with Gasteiger partial charge in [-0.15, -0.1) is 11.3 Å². The molecule has 4 heteroatoms. The summed E-state index contributed by atoms with van der Waals surface area (Å²) in [6.07, 6.45) is 2.03. The number of benzene rings is 1. The highest BCUT2D eigenvalue weighted by molar-refractivity contribution is 7.10. The van der Waals surface area contributed by atoms with Crippen LogP contribution in [0.2, 0.25) is 0 Å². The van der Waals surface area contributed by atoms with Gasteiger partial charge in [-0.25, -0.2) is 0 Å². The summed E-state index contributed by atoms with van der Waals surface area (Å²) in [6, 6.07) is 13.0. The lowest BCUT2D eigenvalue weighted by Crippen LogP contribution is -3.11. The van der Waals surface area contributed by atoms with Gasteiger partial charge >= 0.3 is 0 Å². The Bertz CT molecular complexity index is 626. The number of thiophene rings is 1. The van der Waals surface area contributed by atoms with E-state index in [0.29, 0.717) is 18.6 Å². The highest BCUT2D eigenvalue weighted by atomic mass is 32.1. The van der Waals surface area contributed by atoms with Crippen molar-refractivity contribution in [3.05, 3.63) is 52.2 Å². The lowest BCUT2D eigenvalue weighted by molar-refractivity contribution is -0.921. The van der Waals surface area contributed by atoms with E-state index in [9.17, 15) is 5.11 Å². The van der Waals surface area contributed by atoms with Crippen LogP contribution in [0.25, 0.3) is 0 Å². The van der Waals surface area contributed by atoms with Gasteiger partial charge in [-0.2, -0.15) is 0 Å². The molecular weight excluding hydrogens is 318 g/mol. The van der Waals surface area contributed by atoms with Crippen LogP contribution in [-0.2, 0) is 0 Å². The molecule has 1 saturated heterocycles. The van der Waals surface area contributed by atoms with Crippen LogP contribution in [0, 0.1) is 0 Å². The molecule has 1 aromatic heterocycles. The number of rotatable bonds is 7. The number of aliphatic hydroxyl groups is 1. The predicted octanol–water partition coefficient (Wildman–Crippen LogP) is 3.03. The molecule has 0 saturated carbocycles. The molecule has 0 amide bonds. The summed E-state index contributed by atoms with van der Waals surface area (Å²) in [7, 11) is 0. The second-order valence-electron chi connectivity index (χ2n) is 6.98. The lowest BCUT2D eigenvalue weighted by atomic mass is 10.0. The van der Waals surface area contributed by atoms with Crippen LogP contribution in [0.4, 0.5) is 0 Å². The first kappa shape index (κ1) is 17.5. The van der Waals surface area contributed by atoms with E-state index in [2.05, 4.69) is 37.4 Å². The van der Waals surface area contributed by atoms with Crippen molar-refractivity contribution in [2.75, 3.05) is 19.7 Å². The average Bonchev–Trinajstić information content (AvgIpc) is 3.24. The van der Waals surface area contributed by atoms with Crippen molar-refractivity contribution in [1.82, 2.24) is 0 Å². The normalized spacial score (nSPS) is 22.0. The number of aliphatic hydroxyl groups excluding tert-OH is 1. The molecule has 1 aromatic carbocycles. The van der Waals surface area contributed by atoms with E-state index in [0.717, 1.165) is 18.8 Å². The van der Waals surface area contributed by atoms with Gasteiger partial charge in [0.1, 0.15) is 31.0 Å². The monoisotopic (exact) mass is 346 g/mol. The molecule has 0 bridgehead atoms. The van der Waals surface area contributed by atoms with E-state index in [1.807, 2.05) is 29.5 Å². The van der Waals surface area contributed by atoms with E-state index in [1.54, 1.807) is 0 Å². The third-order valence-corrected chi connectivity index (χ3v) is 5.83. The first-order valence-corrected chi connectivity index (χ1v) is 9.81. The minimum absolute atomic E-state index is 0.365. The first-order chi connectivity index (χ1) is 11.6. The zero-order chi connectivity index (χ0) is 16.9. The molecule has 2 heterocycles. The zero-order valence-corrected chi connectivity index (χ0v) is 15.4. The molecule has 3 rings (SSSR count). The number of hydrogen-bond acceptors (Lipinski definition) is 3. The van der Waals surface area contributed by atoms with Gasteiger partial charge in [0.05, 0.1) is 11.4 Å². The Morgan fingerprint density at radius 3 is 2.83 bits per heavy atom. The standard InChI is InChI=1S/C20H27NO2S/c1-15(2)17-7-3-4-9-19(17)23-14-16(22)13-21-11-5-8-18(21)20-10-6-12-24-20/h3-4,6-7,9-10,12,15-16,18,22H,5,8,11,13-14H2,1-2H3/p+1/t16-,18-/m1/s1. The van der Waals surface area contributed by atoms with Crippen LogP contribution in [0.5, 0.6) is 5.75 Å². The van der Waals surface area contributed by atoms with Crippen LogP contribution >= 0.6 is 11.3 Å². The summed E-state index contributed by atoms with van der Waals surface area (Å²) in [6.45, 7) is 6.59. The summed E-state index contributed by atoms with van der Waals surface area (Å²) in [5.74, 6) is 1.32. The van der Waals surface area contributed by atoms with Gasteiger partial charge in [-0.3, -0.25) is 0 Å². The van der Waals surface area contributed by atoms with Gasteiger partial charge in [0.15, 0.2) is 0 Å². The van der Waals surface area contributed by atoms with Crippen molar-refractivity contribution >= 4 is 11.3 Å². The van der Waals surface area contributed by atoms with Crippen molar-refractivity contribution in [3.8, 4) is 5.75 Å². The topological polar surface area (TPSA) is 33.9 Å². The Balaban J connectivity index is 1.55. The molecule has 1 fully saturated rings. The molecule has 2 aromatic rings. The number of ether oxygens (including phenoxy) is 1. The molecule has 130 valence electrons. The lowest BCUT2D eigenvalue weighted by Gasteiger charge is -2.24. The third kappa shape index (κ3) is 4.18. The summed E-state index contributed by atoms with van der Waals surface area (Å²) >= 11 is 1.83.